The Morgan fingerprint density at radius 3 is 2.46 bits per heavy atom. The number of aliphatic hydroxyl groups is 1. The van der Waals surface area contributed by atoms with Crippen LogP contribution >= 0.6 is 0 Å². The molecular weight excluding hydrogens is 783 g/mol. The fourth-order valence-corrected chi connectivity index (χ4v) is 10.2. The number of benzene rings is 1. The maximum absolute atomic E-state index is 14.8. The highest BCUT2D eigenvalue weighted by Crippen LogP contribution is 2.58. The van der Waals surface area contributed by atoms with E-state index in [2.05, 4.69) is 48.8 Å². The predicted octanol–water partition coefficient (Wildman–Crippen LogP) is 5.81. The molecule has 1 aromatic carbocycles. The highest BCUT2D eigenvalue weighted by atomic mass is 16.8. The van der Waals surface area contributed by atoms with Crippen molar-refractivity contribution < 1.29 is 52.8 Å². The van der Waals surface area contributed by atoms with Gasteiger partial charge in [0.25, 0.3) is 0 Å². The molecule has 7 rings (SSSR count). The van der Waals surface area contributed by atoms with Gasteiger partial charge in [0.2, 0.25) is 11.8 Å². The number of esters is 2. The van der Waals surface area contributed by atoms with Crippen molar-refractivity contribution in [1.29, 1.82) is 0 Å². The molecule has 0 spiro atoms. The van der Waals surface area contributed by atoms with Gasteiger partial charge in [-0.25, -0.2) is 0 Å². The van der Waals surface area contributed by atoms with Crippen LogP contribution in [0, 0.1) is 11.3 Å². The van der Waals surface area contributed by atoms with Crippen LogP contribution < -0.4 is 10.6 Å². The van der Waals surface area contributed by atoms with Crippen molar-refractivity contribution in [2.45, 2.75) is 198 Å². The molecule has 61 heavy (non-hydrogen) atoms. The molecule has 10 atom stereocenters. The van der Waals surface area contributed by atoms with Gasteiger partial charge in [-0.1, -0.05) is 75.9 Å². The van der Waals surface area contributed by atoms with E-state index < -0.39 is 77.1 Å². The van der Waals surface area contributed by atoms with Crippen LogP contribution in [0.1, 0.15) is 142 Å². The first-order valence-electron chi connectivity index (χ1n) is 23.1. The largest absolute Gasteiger partial charge is 0.460 e. The van der Waals surface area contributed by atoms with Gasteiger partial charge in [-0.3, -0.25) is 24.0 Å². The monoisotopic (exact) mass is 851 g/mol. The summed E-state index contributed by atoms with van der Waals surface area (Å²) < 4.78 is 31.2. The maximum Gasteiger partial charge on any atom is 0.327 e. The summed E-state index contributed by atoms with van der Waals surface area (Å²) in [5.74, 6) is -2.18. The summed E-state index contributed by atoms with van der Waals surface area (Å²) in [4.78, 5) is 61.2. The van der Waals surface area contributed by atoms with Gasteiger partial charge in [0.05, 0.1) is 31.4 Å². The average molecular weight is 852 g/mol. The highest BCUT2D eigenvalue weighted by Gasteiger charge is 2.76. The van der Waals surface area contributed by atoms with E-state index in [1.54, 1.807) is 25.8 Å². The van der Waals surface area contributed by atoms with E-state index >= 15 is 0 Å². The Balaban J connectivity index is 1.08. The molecule has 3 N–H and O–H groups in total. The summed E-state index contributed by atoms with van der Waals surface area (Å²) in [6, 6.07) is 6.40. The third kappa shape index (κ3) is 10.7. The van der Waals surface area contributed by atoms with E-state index in [1.165, 1.54) is 0 Å². The molecular formula is C47H69N3O11. The third-order valence-corrected chi connectivity index (χ3v) is 13.2. The number of unbranched alkanes of at least 4 members (excludes halogenated alkanes) is 4. The van der Waals surface area contributed by atoms with Crippen molar-refractivity contribution in [2.24, 2.45) is 11.3 Å². The maximum atomic E-state index is 14.8. The molecule has 2 aliphatic carbocycles. The molecule has 2 amide bonds. The molecule has 0 aromatic heterocycles. The van der Waals surface area contributed by atoms with Gasteiger partial charge in [-0.15, -0.1) is 0 Å². The number of amides is 2. The lowest BCUT2D eigenvalue weighted by atomic mass is 9.62. The van der Waals surface area contributed by atoms with Crippen molar-refractivity contribution in [3.05, 3.63) is 41.5 Å². The summed E-state index contributed by atoms with van der Waals surface area (Å²) >= 11 is 0. The zero-order valence-corrected chi connectivity index (χ0v) is 36.9. The van der Waals surface area contributed by atoms with Crippen molar-refractivity contribution in [3.8, 4) is 0 Å². The molecule has 4 saturated heterocycles. The molecule has 3 unspecified atom stereocenters. The second kappa shape index (κ2) is 19.6. The Bertz CT molecular complexity index is 1740. The van der Waals surface area contributed by atoms with Gasteiger partial charge in [-0.2, -0.15) is 5.06 Å². The number of hydrogen-bond donors (Lipinski definition) is 3. The minimum Gasteiger partial charge on any atom is -0.460 e. The minimum absolute atomic E-state index is 0.0257. The second-order valence-electron chi connectivity index (χ2n) is 19.2. The molecule has 0 radical (unpaired) electrons. The van der Waals surface area contributed by atoms with Gasteiger partial charge in [0, 0.05) is 38.6 Å². The number of allylic oxidation sites excluding steroid dienone is 1. The van der Waals surface area contributed by atoms with Gasteiger partial charge in [0.15, 0.2) is 11.8 Å². The molecule has 4 aliphatic heterocycles. The van der Waals surface area contributed by atoms with E-state index in [0.717, 1.165) is 68.9 Å². The zero-order chi connectivity index (χ0) is 43.4. The molecule has 1 aromatic rings. The molecule has 14 heteroatoms. The van der Waals surface area contributed by atoms with Crippen molar-refractivity contribution in [3.63, 3.8) is 0 Å². The van der Waals surface area contributed by atoms with Crippen LogP contribution in [0.25, 0.3) is 6.08 Å². The number of aliphatic hydroxyl groups excluding tert-OH is 1. The first kappa shape index (κ1) is 45.6. The minimum atomic E-state index is -1.38. The number of carbonyl (C=O) groups is 4. The lowest BCUT2D eigenvalue weighted by molar-refractivity contribution is -0.224. The third-order valence-electron chi connectivity index (χ3n) is 13.2. The van der Waals surface area contributed by atoms with E-state index in [0.29, 0.717) is 31.0 Å². The normalized spacial score (nSPS) is 31.5. The number of carbonyl (C=O) groups excluding carboxylic acids is 4. The number of rotatable bonds is 21. The summed E-state index contributed by atoms with van der Waals surface area (Å²) in [5, 5.41) is 17.3. The summed E-state index contributed by atoms with van der Waals surface area (Å²) in [6.45, 7) is 9.50. The Labute approximate surface area is 361 Å². The van der Waals surface area contributed by atoms with Crippen LogP contribution in [-0.2, 0) is 54.2 Å². The smallest absolute Gasteiger partial charge is 0.327 e. The quantitative estimate of drug-likeness (QED) is 0.0771. The average Bonchev–Trinajstić information content (AvgIpc) is 3.76. The van der Waals surface area contributed by atoms with Gasteiger partial charge in [0.1, 0.15) is 35.4 Å². The number of ether oxygens (including phenoxy) is 5. The number of epoxide rings is 1. The number of fused-ring (bicyclic) bond motifs is 5. The predicted molar refractivity (Wildman–Crippen MR) is 225 cm³/mol. The van der Waals surface area contributed by atoms with Gasteiger partial charge in [-0.05, 0) is 76.3 Å². The zero-order valence-electron chi connectivity index (χ0n) is 36.9. The van der Waals surface area contributed by atoms with Crippen LogP contribution in [0.3, 0.4) is 0 Å². The van der Waals surface area contributed by atoms with Crippen LogP contribution in [0.4, 0.5) is 0 Å². The molecule has 6 fully saturated rings. The number of hydrogen-bond acceptors (Lipinski definition) is 12. The Morgan fingerprint density at radius 2 is 1.75 bits per heavy atom. The second-order valence-corrected chi connectivity index (χ2v) is 19.2. The first-order chi connectivity index (χ1) is 29.3. The Kier molecular flexibility index (Phi) is 14.6. The van der Waals surface area contributed by atoms with E-state index in [9.17, 15) is 24.3 Å². The molecule has 14 nitrogen and oxygen atoms in total. The lowest BCUT2D eigenvalue weighted by Crippen LogP contribution is -2.69. The molecule has 4 heterocycles. The summed E-state index contributed by atoms with van der Waals surface area (Å²) in [7, 11) is 0. The first-order valence-corrected chi connectivity index (χ1v) is 23.1. The van der Waals surface area contributed by atoms with Gasteiger partial charge < -0.3 is 39.4 Å². The standard InChI is InChI=1S/C47H69N3O11/c1-6-8-10-22-46(23-11-9-7-2)59-39-36-27-47(44(55)48-24-21-37(52)49-33(29-51)18-20-38(53)58-45(3,4)5)41(43(54)57-36)50(61-42(47)40(39)60-46)28-32-14-12-13-30(25-32)15-16-31-17-19-34-35(26-31)56-34/h12-16,25,31,33-36,39-42,51H,6-11,17-24,26-29H2,1-5H3,(H,48,55)(H,49,52)/t31?,33-,34?,35?,36+,39-,40-,41-,42+,47-/m0/s1. The Morgan fingerprint density at radius 1 is 1.00 bits per heavy atom. The van der Waals surface area contributed by atoms with E-state index in [-0.39, 0.29) is 45.4 Å². The van der Waals surface area contributed by atoms with E-state index in [1.807, 2.05) is 12.1 Å². The number of nitrogens with one attached hydrogen (secondary N) is 2. The van der Waals surface area contributed by atoms with Gasteiger partial charge >= 0.3 is 11.9 Å². The lowest BCUT2D eigenvalue weighted by Gasteiger charge is -2.48. The summed E-state index contributed by atoms with van der Waals surface area (Å²) in [6.07, 6.45) is 13.4. The van der Waals surface area contributed by atoms with Crippen molar-refractivity contribution in [2.75, 3.05) is 13.2 Å². The molecule has 338 valence electrons. The Hall–Kier alpha value is -3.40. The number of nitrogens with zero attached hydrogens (tertiary/aromatic N) is 1. The SMILES string of the molecule is CCCCCC1(CCCCC)O[C@@H]2[C@H](O1)[C@H]1ON(Cc3cccc(C=CC4CCC5OC5C4)c3)[C@H]3C(=O)O[C@@H]2C[C@@]13C(=O)NCCC(=O)N[C@H](CO)CCC(=O)OC(C)(C)C. The van der Waals surface area contributed by atoms with Crippen LogP contribution in [0.2, 0.25) is 0 Å². The topological polar surface area (TPSA) is 174 Å². The fourth-order valence-electron chi connectivity index (χ4n) is 10.2. The highest BCUT2D eigenvalue weighted by molar-refractivity contribution is 5.94. The van der Waals surface area contributed by atoms with Crippen LogP contribution in [0.5, 0.6) is 0 Å². The number of hydroxylamine groups is 2. The van der Waals surface area contributed by atoms with Crippen LogP contribution in [0.15, 0.2) is 30.3 Å². The molecule has 2 bridgehead atoms. The molecule has 6 aliphatic rings. The summed E-state index contributed by atoms with van der Waals surface area (Å²) in [5.41, 5.74) is -0.0726. The van der Waals surface area contributed by atoms with Crippen LogP contribution in [-0.4, -0.2) is 107 Å². The molecule has 2 saturated carbocycles. The fraction of sp³-hybridized carbons (Fsp3) is 0.745. The van der Waals surface area contributed by atoms with E-state index in [4.69, 9.17) is 28.5 Å². The van der Waals surface area contributed by atoms with Crippen molar-refractivity contribution >= 4 is 29.8 Å². The van der Waals surface area contributed by atoms with Crippen molar-refractivity contribution in [1.82, 2.24) is 15.7 Å².